The van der Waals surface area contributed by atoms with Gasteiger partial charge in [-0.25, -0.2) is 4.39 Å². The first kappa shape index (κ1) is 22.9. The highest BCUT2D eigenvalue weighted by molar-refractivity contribution is 8.00. The quantitative estimate of drug-likeness (QED) is 0.342. The minimum atomic E-state index is -0.537. The number of carbonyl (C=O) groups excluding carboxylic acids is 1. The van der Waals surface area contributed by atoms with Crippen molar-refractivity contribution in [1.29, 1.82) is 0 Å². The first-order chi connectivity index (χ1) is 15.9. The highest BCUT2D eigenvalue weighted by atomic mass is 32.2. The fourth-order valence-electron chi connectivity index (χ4n) is 3.85. The molecule has 4 rings (SSSR count). The van der Waals surface area contributed by atoms with E-state index in [1.807, 2.05) is 53.0 Å². The maximum atomic E-state index is 13.5. The molecule has 0 spiro atoms. The summed E-state index contributed by atoms with van der Waals surface area (Å²) in [4.78, 5) is 12.9. The molecule has 0 fully saturated rings. The second-order valence-electron chi connectivity index (χ2n) is 7.72. The van der Waals surface area contributed by atoms with E-state index in [4.69, 9.17) is 4.42 Å². The SMILES string of the molecule is CNC(=O)c1c(-c2ccc(F)cc2)oc2cc(N(CC(C)O)SC)c(-c3ccccc3)cc12. The van der Waals surface area contributed by atoms with Crippen LogP contribution in [0, 0.1) is 5.82 Å². The maximum Gasteiger partial charge on any atom is 0.255 e. The molecule has 4 aromatic rings. The molecule has 5 nitrogen and oxygen atoms in total. The molecule has 0 radical (unpaired) electrons. The van der Waals surface area contributed by atoms with Crippen LogP contribution < -0.4 is 9.62 Å². The van der Waals surface area contributed by atoms with Gasteiger partial charge in [0.25, 0.3) is 5.91 Å². The zero-order valence-corrected chi connectivity index (χ0v) is 19.4. The van der Waals surface area contributed by atoms with Gasteiger partial charge in [0.05, 0.1) is 23.9 Å². The van der Waals surface area contributed by atoms with Gasteiger partial charge in [-0.1, -0.05) is 42.3 Å². The molecule has 0 saturated heterocycles. The molecule has 0 aliphatic heterocycles. The third kappa shape index (κ3) is 4.60. The Balaban J connectivity index is 2.02. The van der Waals surface area contributed by atoms with Gasteiger partial charge < -0.3 is 19.1 Å². The summed E-state index contributed by atoms with van der Waals surface area (Å²) in [6, 6.07) is 19.6. The zero-order valence-electron chi connectivity index (χ0n) is 18.6. The van der Waals surface area contributed by atoms with Crippen LogP contribution in [-0.4, -0.2) is 37.0 Å². The fraction of sp³-hybridized carbons (Fsp3) is 0.192. The lowest BCUT2D eigenvalue weighted by molar-refractivity contribution is 0.0964. The van der Waals surface area contributed by atoms with E-state index in [1.165, 1.54) is 24.1 Å². The van der Waals surface area contributed by atoms with Crippen LogP contribution in [0.1, 0.15) is 17.3 Å². The summed E-state index contributed by atoms with van der Waals surface area (Å²) in [7, 11) is 1.57. The van der Waals surface area contributed by atoms with E-state index >= 15 is 0 Å². The third-order valence-electron chi connectivity index (χ3n) is 5.37. The number of aliphatic hydroxyl groups is 1. The van der Waals surface area contributed by atoms with Crippen LogP contribution >= 0.6 is 11.9 Å². The molecule has 1 atom stereocenters. The van der Waals surface area contributed by atoms with E-state index in [9.17, 15) is 14.3 Å². The highest BCUT2D eigenvalue weighted by Crippen LogP contribution is 2.42. The van der Waals surface area contributed by atoms with E-state index < -0.39 is 6.10 Å². The predicted octanol–water partition coefficient (Wildman–Crippen LogP) is 5.73. The number of rotatable bonds is 7. The number of hydrogen-bond acceptors (Lipinski definition) is 5. The largest absolute Gasteiger partial charge is 0.455 e. The standard InChI is InChI=1S/C26H25FN2O3S/c1-16(30)15-29(33-3)22-14-23-21(13-20(22)17-7-5-4-6-8-17)24(26(31)28-2)25(32-23)18-9-11-19(27)12-10-18/h4-14,16,30H,15H2,1-3H3,(H,28,31). The van der Waals surface area contributed by atoms with Gasteiger partial charge in [-0.3, -0.25) is 4.79 Å². The first-order valence-electron chi connectivity index (χ1n) is 10.6. The second kappa shape index (κ2) is 9.68. The Morgan fingerprint density at radius 3 is 2.42 bits per heavy atom. The Hall–Kier alpha value is -3.29. The number of nitrogens with zero attached hydrogens (tertiary/aromatic N) is 1. The third-order valence-corrected chi connectivity index (χ3v) is 6.16. The molecule has 33 heavy (non-hydrogen) atoms. The molecule has 170 valence electrons. The van der Waals surface area contributed by atoms with Crippen molar-refractivity contribution in [1.82, 2.24) is 5.32 Å². The van der Waals surface area contributed by atoms with Gasteiger partial charge in [0.2, 0.25) is 0 Å². The Morgan fingerprint density at radius 1 is 1.12 bits per heavy atom. The molecule has 2 N–H and O–H groups in total. The molecule has 0 saturated carbocycles. The van der Waals surface area contributed by atoms with Crippen molar-refractivity contribution in [3.8, 4) is 22.5 Å². The summed E-state index contributed by atoms with van der Waals surface area (Å²) in [5.41, 5.74) is 4.30. The number of fused-ring (bicyclic) bond motifs is 1. The highest BCUT2D eigenvalue weighted by Gasteiger charge is 2.25. The molecule has 1 unspecified atom stereocenters. The summed E-state index contributed by atoms with van der Waals surface area (Å²) in [6.45, 7) is 2.16. The van der Waals surface area contributed by atoms with Crippen LogP contribution in [0.15, 0.2) is 71.1 Å². The summed E-state index contributed by atoms with van der Waals surface area (Å²) in [5, 5.41) is 13.4. The Labute approximate surface area is 196 Å². The number of carbonyl (C=O) groups is 1. The molecule has 1 heterocycles. The van der Waals surface area contributed by atoms with Gasteiger partial charge in [0, 0.05) is 35.9 Å². The van der Waals surface area contributed by atoms with Gasteiger partial charge in [-0.15, -0.1) is 0 Å². The molecular formula is C26H25FN2O3S. The molecule has 0 aliphatic carbocycles. The molecule has 0 bridgehead atoms. The number of anilines is 1. The van der Waals surface area contributed by atoms with Crippen LogP contribution in [0.2, 0.25) is 0 Å². The van der Waals surface area contributed by atoms with Crippen LogP contribution in [0.4, 0.5) is 10.1 Å². The minimum absolute atomic E-state index is 0.287. The number of nitrogens with one attached hydrogen (secondary N) is 1. The molecule has 0 aliphatic rings. The Morgan fingerprint density at radius 2 is 1.82 bits per heavy atom. The predicted molar refractivity (Wildman–Crippen MR) is 133 cm³/mol. The van der Waals surface area contributed by atoms with E-state index in [1.54, 1.807) is 26.1 Å². The normalized spacial score (nSPS) is 12.0. The average Bonchev–Trinajstić information content (AvgIpc) is 3.20. The Bertz CT molecular complexity index is 1270. The van der Waals surface area contributed by atoms with Crippen LogP contribution in [0.25, 0.3) is 33.4 Å². The van der Waals surface area contributed by atoms with Crippen molar-refractivity contribution in [2.45, 2.75) is 13.0 Å². The smallest absolute Gasteiger partial charge is 0.255 e. The molecular weight excluding hydrogens is 439 g/mol. The lowest BCUT2D eigenvalue weighted by Gasteiger charge is -2.25. The number of furan rings is 1. The molecule has 1 aromatic heterocycles. The Kier molecular flexibility index (Phi) is 6.72. The summed E-state index contributed by atoms with van der Waals surface area (Å²) in [6.07, 6.45) is 1.41. The lowest BCUT2D eigenvalue weighted by Crippen LogP contribution is -2.25. The fourth-order valence-corrected chi connectivity index (χ4v) is 4.57. The zero-order chi connectivity index (χ0) is 23.5. The van der Waals surface area contributed by atoms with E-state index in [-0.39, 0.29) is 11.7 Å². The van der Waals surface area contributed by atoms with E-state index in [0.717, 1.165) is 16.8 Å². The van der Waals surface area contributed by atoms with Gasteiger partial charge in [-0.2, -0.15) is 0 Å². The van der Waals surface area contributed by atoms with Gasteiger partial charge in [0.15, 0.2) is 0 Å². The van der Waals surface area contributed by atoms with Crippen LogP contribution in [0.5, 0.6) is 0 Å². The van der Waals surface area contributed by atoms with Crippen molar-refractivity contribution in [3.63, 3.8) is 0 Å². The number of aliphatic hydroxyl groups excluding tert-OH is 1. The number of halogens is 1. The van der Waals surface area contributed by atoms with Crippen LogP contribution in [0.3, 0.4) is 0 Å². The average molecular weight is 465 g/mol. The van der Waals surface area contributed by atoms with Crippen molar-refractivity contribution in [2.75, 3.05) is 24.2 Å². The van der Waals surface area contributed by atoms with Crippen LogP contribution in [-0.2, 0) is 0 Å². The maximum absolute atomic E-state index is 13.5. The topological polar surface area (TPSA) is 65.7 Å². The van der Waals surface area contributed by atoms with E-state index in [2.05, 4.69) is 5.32 Å². The van der Waals surface area contributed by atoms with Crippen molar-refractivity contribution >= 4 is 34.5 Å². The van der Waals surface area contributed by atoms with Gasteiger partial charge in [0.1, 0.15) is 17.2 Å². The monoisotopic (exact) mass is 464 g/mol. The van der Waals surface area contributed by atoms with Gasteiger partial charge in [-0.05, 0) is 42.8 Å². The van der Waals surface area contributed by atoms with E-state index in [0.29, 0.717) is 34.4 Å². The summed E-state index contributed by atoms with van der Waals surface area (Å²) in [5.74, 6) is -0.268. The van der Waals surface area contributed by atoms with Crippen molar-refractivity contribution in [2.24, 2.45) is 0 Å². The van der Waals surface area contributed by atoms with Crippen molar-refractivity contribution in [3.05, 3.63) is 78.1 Å². The number of amides is 1. The summed E-state index contributed by atoms with van der Waals surface area (Å²) >= 11 is 1.50. The molecule has 1 amide bonds. The van der Waals surface area contributed by atoms with Crippen molar-refractivity contribution < 1.29 is 18.7 Å². The number of hydrogen-bond donors (Lipinski definition) is 2. The first-order valence-corrected chi connectivity index (χ1v) is 11.7. The molecule has 7 heteroatoms. The minimum Gasteiger partial charge on any atom is -0.455 e. The summed E-state index contributed by atoms with van der Waals surface area (Å²) < 4.78 is 21.7. The second-order valence-corrected chi connectivity index (χ2v) is 8.52. The lowest BCUT2D eigenvalue weighted by atomic mass is 9.98. The van der Waals surface area contributed by atoms with Gasteiger partial charge >= 0.3 is 0 Å². The molecule has 3 aromatic carbocycles. The number of benzene rings is 3.